The van der Waals surface area contributed by atoms with Crippen molar-refractivity contribution < 1.29 is 9.11 Å². The van der Waals surface area contributed by atoms with Crippen molar-refractivity contribution in [1.82, 2.24) is 0 Å². The summed E-state index contributed by atoms with van der Waals surface area (Å²) in [5, 5.41) is 11.3. The molecule has 0 heterocycles. The fraction of sp³-hybridized carbons (Fsp3) is 0.0769. The maximum Gasteiger partial charge on any atom is 0.315 e. The van der Waals surface area contributed by atoms with Crippen LogP contribution in [0.5, 0.6) is 5.75 Å². The highest BCUT2D eigenvalue weighted by atomic mass is 35.5. The predicted octanol–water partition coefficient (Wildman–Crippen LogP) is 5.13. The molecule has 0 saturated carbocycles. The van der Waals surface area contributed by atoms with Crippen LogP contribution in [0.3, 0.4) is 0 Å². The molecule has 2 rings (SSSR count). The normalized spacial score (nSPS) is 10.3. The molecule has 2 aromatic rings. The monoisotopic (exact) mass is 329 g/mol. The molecule has 0 aliphatic heterocycles. The number of hydrogen-bond acceptors (Lipinski definition) is 4. The molecule has 7 heteroatoms. The summed E-state index contributed by atoms with van der Waals surface area (Å²) >= 11 is 12.8. The fourth-order valence-corrected chi connectivity index (χ4v) is 2.74. The molecule has 0 fully saturated rings. The van der Waals surface area contributed by atoms with Gasteiger partial charge in [0.15, 0.2) is 0 Å². The van der Waals surface area contributed by atoms with E-state index >= 15 is 0 Å². The second-order valence-electron chi connectivity index (χ2n) is 3.82. The first-order valence-electron chi connectivity index (χ1n) is 5.55. The molecule has 0 amide bonds. The zero-order chi connectivity index (χ0) is 14.5. The molecular formula is C13H9Cl2NO3S. The van der Waals surface area contributed by atoms with Gasteiger partial charge in [-0.1, -0.05) is 53.5 Å². The molecule has 20 heavy (non-hydrogen) atoms. The SMILES string of the molecule is O=[N+]([O-])c1cc(Cl)cc(Cl)c1OSCc1ccccc1. The quantitative estimate of drug-likeness (QED) is 0.433. The summed E-state index contributed by atoms with van der Waals surface area (Å²) in [5.41, 5.74) is 0.799. The topological polar surface area (TPSA) is 52.4 Å². The van der Waals surface area contributed by atoms with E-state index in [2.05, 4.69) is 0 Å². The lowest BCUT2D eigenvalue weighted by Crippen LogP contribution is -1.94. The first-order valence-corrected chi connectivity index (χ1v) is 7.21. The minimum absolute atomic E-state index is 0.0157. The summed E-state index contributed by atoms with van der Waals surface area (Å²) in [4.78, 5) is 10.4. The molecule has 4 nitrogen and oxygen atoms in total. The minimum Gasteiger partial charge on any atom is -0.417 e. The van der Waals surface area contributed by atoms with Crippen molar-refractivity contribution in [2.75, 3.05) is 0 Å². The molecule has 0 atom stereocenters. The van der Waals surface area contributed by atoms with Gasteiger partial charge in [0.05, 0.1) is 27.7 Å². The maximum absolute atomic E-state index is 11.0. The minimum atomic E-state index is -0.573. The Morgan fingerprint density at radius 1 is 1.20 bits per heavy atom. The summed E-state index contributed by atoms with van der Waals surface area (Å²) in [6.45, 7) is 0. The number of rotatable bonds is 5. The highest BCUT2D eigenvalue weighted by Crippen LogP contribution is 2.39. The zero-order valence-corrected chi connectivity index (χ0v) is 12.4. The first-order chi connectivity index (χ1) is 9.58. The molecule has 0 radical (unpaired) electrons. The third kappa shape index (κ3) is 3.79. The van der Waals surface area contributed by atoms with Crippen LogP contribution in [-0.2, 0) is 5.75 Å². The zero-order valence-electron chi connectivity index (χ0n) is 10.1. The summed E-state index contributed by atoms with van der Waals surface area (Å²) in [5.74, 6) is 0.568. The van der Waals surface area contributed by atoms with Gasteiger partial charge in [-0.25, -0.2) is 0 Å². The Bertz CT molecular complexity index is 623. The fourth-order valence-electron chi connectivity index (χ4n) is 1.50. The van der Waals surface area contributed by atoms with E-state index in [0.29, 0.717) is 5.75 Å². The highest BCUT2D eigenvalue weighted by molar-refractivity contribution is 7.94. The van der Waals surface area contributed by atoms with Crippen LogP contribution in [0.1, 0.15) is 5.56 Å². The predicted molar refractivity (Wildman–Crippen MR) is 81.5 cm³/mol. The van der Waals surface area contributed by atoms with Crippen molar-refractivity contribution in [1.29, 1.82) is 0 Å². The molecule has 104 valence electrons. The largest absolute Gasteiger partial charge is 0.417 e. The van der Waals surface area contributed by atoms with Crippen molar-refractivity contribution in [2.24, 2.45) is 0 Å². The van der Waals surface area contributed by atoms with Crippen molar-refractivity contribution in [3.63, 3.8) is 0 Å². The lowest BCUT2D eigenvalue weighted by atomic mass is 10.2. The van der Waals surface area contributed by atoms with Gasteiger partial charge in [-0.15, -0.1) is 0 Å². The third-order valence-corrected chi connectivity index (χ3v) is 3.63. The van der Waals surface area contributed by atoms with E-state index in [9.17, 15) is 10.1 Å². The van der Waals surface area contributed by atoms with Crippen molar-refractivity contribution in [2.45, 2.75) is 5.75 Å². The Morgan fingerprint density at radius 3 is 2.55 bits per heavy atom. The number of benzene rings is 2. The summed E-state index contributed by atoms with van der Waals surface area (Å²) in [6.07, 6.45) is 0. The van der Waals surface area contributed by atoms with Crippen LogP contribution in [0.25, 0.3) is 0 Å². The molecule has 0 N–H and O–H groups in total. The van der Waals surface area contributed by atoms with Gasteiger partial charge < -0.3 is 4.18 Å². The molecule has 0 bridgehead atoms. The molecule has 0 aliphatic carbocycles. The second kappa shape index (κ2) is 6.83. The molecule has 0 aliphatic rings. The number of halogens is 2. The summed E-state index contributed by atoms with van der Waals surface area (Å²) < 4.78 is 5.37. The van der Waals surface area contributed by atoms with E-state index in [1.807, 2.05) is 30.3 Å². The maximum atomic E-state index is 11.0. The van der Waals surface area contributed by atoms with Gasteiger partial charge in [0.1, 0.15) is 0 Å². The van der Waals surface area contributed by atoms with Gasteiger partial charge >= 0.3 is 5.69 Å². The number of nitro groups is 1. The summed E-state index contributed by atoms with van der Waals surface area (Å²) in [7, 11) is 0. The second-order valence-corrected chi connectivity index (χ2v) is 5.36. The molecule has 0 unspecified atom stereocenters. The van der Waals surface area contributed by atoms with Crippen LogP contribution in [0, 0.1) is 10.1 Å². The van der Waals surface area contributed by atoms with Crippen molar-refractivity contribution in [3.8, 4) is 5.75 Å². The van der Waals surface area contributed by atoms with Crippen LogP contribution in [0.2, 0.25) is 10.0 Å². The van der Waals surface area contributed by atoms with E-state index in [-0.39, 0.29) is 21.5 Å². The van der Waals surface area contributed by atoms with E-state index < -0.39 is 4.92 Å². The molecule has 0 saturated heterocycles. The average Bonchev–Trinajstić information content (AvgIpc) is 2.41. The Balaban J connectivity index is 2.11. The average molecular weight is 330 g/mol. The Labute approximate surface area is 130 Å². The Hall–Kier alpha value is -1.43. The van der Waals surface area contributed by atoms with E-state index in [0.717, 1.165) is 17.6 Å². The third-order valence-electron chi connectivity index (χ3n) is 2.40. The van der Waals surface area contributed by atoms with E-state index in [1.165, 1.54) is 12.1 Å². The van der Waals surface area contributed by atoms with Crippen LogP contribution >= 0.6 is 35.2 Å². The standard InChI is InChI=1S/C13H9Cl2NO3S/c14-10-6-11(15)13(12(7-10)16(17)18)19-20-8-9-4-2-1-3-5-9/h1-7H,8H2. The van der Waals surface area contributed by atoms with E-state index in [1.54, 1.807) is 0 Å². The van der Waals surface area contributed by atoms with Gasteiger partial charge in [0, 0.05) is 11.1 Å². The Morgan fingerprint density at radius 2 is 1.90 bits per heavy atom. The van der Waals surface area contributed by atoms with Gasteiger partial charge in [0.25, 0.3) is 0 Å². The number of hydrogen-bond donors (Lipinski definition) is 0. The smallest absolute Gasteiger partial charge is 0.315 e. The van der Waals surface area contributed by atoms with Crippen LogP contribution in [-0.4, -0.2) is 4.92 Å². The van der Waals surface area contributed by atoms with Gasteiger partial charge in [0.2, 0.25) is 5.75 Å². The number of nitrogens with zero attached hydrogens (tertiary/aromatic N) is 1. The van der Waals surface area contributed by atoms with Crippen molar-refractivity contribution >= 4 is 40.9 Å². The molecule has 2 aromatic carbocycles. The number of nitro benzene ring substituents is 1. The summed E-state index contributed by atoms with van der Waals surface area (Å²) in [6, 6.07) is 12.2. The van der Waals surface area contributed by atoms with Crippen LogP contribution in [0.4, 0.5) is 5.69 Å². The highest BCUT2D eigenvalue weighted by Gasteiger charge is 2.20. The molecule has 0 aromatic heterocycles. The Kier molecular flexibility index (Phi) is 5.11. The lowest BCUT2D eigenvalue weighted by Gasteiger charge is -2.07. The molecular weight excluding hydrogens is 321 g/mol. The van der Waals surface area contributed by atoms with Gasteiger partial charge in [-0.3, -0.25) is 10.1 Å². The van der Waals surface area contributed by atoms with E-state index in [4.69, 9.17) is 27.4 Å². The lowest BCUT2D eigenvalue weighted by molar-refractivity contribution is -0.385. The van der Waals surface area contributed by atoms with Crippen LogP contribution in [0.15, 0.2) is 42.5 Å². The molecule has 0 spiro atoms. The van der Waals surface area contributed by atoms with Gasteiger partial charge in [-0.2, -0.15) is 0 Å². The van der Waals surface area contributed by atoms with Crippen LogP contribution < -0.4 is 4.18 Å². The van der Waals surface area contributed by atoms with Crippen molar-refractivity contribution in [3.05, 3.63) is 68.2 Å². The van der Waals surface area contributed by atoms with Gasteiger partial charge in [-0.05, 0) is 11.6 Å². The first kappa shape index (κ1) is 15.0.